The van der Waals surface area contributed by atoms with Crippen LogP contribution in [0.3, 0.4) is 0 Å². The summed E-state index contributed by atoms with van der Waals surface area (Å²) in [6.45, 7) is 1.61. The molecule has 1 atom stereocenters. The molecule has 11 heteroatoms. The SMILES string of the molecule is COC(=O)C1=C(C(=O)OC)P(=O)(c2pn(-c3ccccc3)nc2C)Oc2ccccc2C1=O. The van der Waals surface area contributed by atoms with Crippen molar-refractivity contribution >= 4 is 38.5 Å². The molecular weight excluding hydrogens is 466 g/mol. The number of fused-ring (bicyclic) bond motifs is 1. The summed E-state index contributed by atoms with van der Waals surface area (Å²) in [4.78, 5) is 38.9. The predicted octanol–water partition coefficient (Wildman–Crippen LogP) is 3.54. The number of ether oxygens (including phenoxy) is 2. The third-order valence-corrected chi connectivity index (χ3v) is 9.32. The van der Waals surface area contributed by atoms with Crippen LogP contribution < -0.4 is 9.56 Å². The summed E-state index contributed by atoms with van der Waals surface area (Å²) in [5.41, 5.74) is 0.317. The molecular formula is C22H18N2O7P2. The van der Waals surface area contributed by atoms with Gasteiger partial charge >= 0.3 is 19.3 Å². The van der Waals surface area contributed by atoms with Gasteiger partial charge in [-0.15, -0.1) is 0 Å². The number of aromatic nitrogens is 2. The molecule has 0 N–H and O–H groups in total. The number of ketones is 1. The van der Waals surface area contributed by atoms with E-state index in [0.717, 1.165) is 14.2 Å². The Bertz CT molecular complexity index is 1360. The maximum atomic E-state index is 14.6. The largest absolute Gasteiger partial charge is 0.465 e. The van der Waals surface area contributed by atoms with Crippen LogP contribution in [0.5, 0.6) is 5.75 Å². The van der Waals surface area contributed by atoms with Crippen molar-refractivity contribution in [2.75, 3.05) is 14.2 Å². The summed E-state index contributed by atoms with van der Waals surface area (Å²) in [5.74, 6) is -3.13. The second-order valence-electron chi connectivity index (χ2n) is 6.91. The number of nitrogens with zero attached hydrogens (tertiary/aromatic N) is 2. The van der Waals surface area contributed by atoms with Crippen LogP contribution in [-0.4, -0.2) is 41.5 Å². The number of para-hydroxylation sites is 2. The number of carbonyl (C=O) groups excluding carboxylic acids is 3. The van der Waals surface area contributed by atoms with Gasteiger partial charge in [0.1, 0.15) is 16.4 Å². The highest BCUT2D eigenvalue weighted by molar-refractivity contribution is 7.79. The first-order valence-electron chi connectivity index (χ1n) is 9.66. The van der Waals surface area contributed by atoms with Gasteiger partial charge in [-0.05, 0) is 31.2 Å². The van der Waals surface area contributed by atoms with Gasteiger partial charge in [0.15, 0.2) is 5.31 Å². The zero-order valence-corrected chi connectivity index (χ0v) is 19.6. The third kappa shape index (κ3) is 3.80. The molecule has 0 saturated carbocycles. The molecule has 1 aromatic heterocycles. The van der Waals surface area contributed by atoms with E-state index in [1.807, 2.05) is 30.3 Å². The number of hydrogen-bond acceptors (Lipinski definition) is 8. The normalized spacial score (nSPS) is 17.8. The van der Waals surface area contributed by atoms with Crippen molar-refractivity contribution in [3.05, 3.63) is 76.7 Å². The molecule has 4 rings (SSSR count). The molecule has 9 nitrogen and oxygen atoms in total. The predicted molar refractivity (Wildman–Crippen MR) is 121 cm³/mol. The molecule has 33 heavy (non-hydrogen) atoms. The van der Waals surface area contributed by atoms with Crippen LogP contribution >= 0.6 is 15.7 Å². The van der Waals surface area contributed by atoms with Gasteiger partial charge < -0.3 is 14.0 Å². The second-order valence-corrected chi connectivity index (χ2v) is 10.5. The second kappa shape index (κ2) is 8.77. The summed E-state index contributed by atoms with van der Waals surface area (Å²) >= 11 is 0. The van der Waals surface area contributed by atoms with E-state index in [1.54, 1.807) is 23.5 Å². The molecule has 3 aromatic rings. The maximum absolute atomic E-state index is 14.6. The molecule has 1 aliphatic rings. The monoisotopic (exact) mass is 484 g/mol. The van der Waals surface area contributed by atoms with Crippen molar-refractivity contribution in [1.29, 1.82) is 0 Å². The highest BCUT2D eigenvalue weighted by Gasteiger charge is 2.49. The Morgan fingerprint density at radius 2 is 1.64 bits per heavy atom. The van der Waals surface area contributed by atoms with Crippen LogP contribution in [0.2, 0.25) is 0 Å². The molecule has 1 unspecified atom stereocenters. The lowest BCUT2D eigenvalue weighted by Crippen LogP contribution is -2.23. The van der Waals surface area contributed by atoms with Gasteiger partial charge in [0.05, 0.1) is 39.5 Å². The lowest BCUT2D eigenvalue weighted by atomic mass is 10.0. The molecule has 0 spiro atoms. The van der Waals surface area contributed by atoms with Crippen molar-refractivity contribution in [1.82, 2.24) is 9.54 Å². The van der Waals surface area contributed by atoms with Crippen LogP contribution in [0, 0.1) is 6.92 Å². The topological polar surface area (TPSA) is 114 Å². The fourth-order valence-corrected chi connectivity index (χ4v) is 7.45. The van der Waals surface area contributed by atoms with Gasteiger partial charge in [-0.2, -0.15) is 5.10 Å². The van der Waals surface area contributed by atoms with E-state index < -0.39 is 36.0 Å². The molecule has 2 aromatic carbocycles. The molecule has 0 fully saturated rings. The minimum absolute atomic E-state index is 0.0261. The Morgan fingerprint density at radius 3 is 2.30 bits per heavy atom. The maximum Gasteiger partial charge on any atom is 0.346 e. The first-order valence-corrected chi connectivity index (χ1v) is 12.1. The van der Waals surface area contributed by atoms with E-state index in [1.165, 1.54) is 12.1 Å². The smallest absolute Gasteiger partial charge is 0.346 e. The average Bonchev–Trinajstić information content (AvgIpc) is 3.20. The zero-order chi connectivity index (χ0) is 23.8. The number of methoxy groups -OCH3 is 2. The van der Waals surface area contributed by atoms with Crippen LogP contribution in [-0.2, 0) is 23.6 Å². The molecule has 1 aliphatic heterocycles. The van der Waals surface area contributed by atoms with Gasteiger partial charge in [-0.1, -0.05) is 30.3 Å². The molecule has 0 bridgehead atoms. The van der Waals surface area contributed by atoms with Gasteiger partial charge in [0.25, 0.3) is 0 Å². The van der Waals surface area contributed by atoms with E-state index in [-0.39, 0.29) is 16.3 Å². The molecule has 0 radical (unpaired) electrons. The van der Waals surface area contributed by atoms with E-state index in [2.05, 4.69) is 5.10 Å². The third-order valence-electron chi connectivity index (χ3n) is 4.91. The summed E-state index contributed by atoms with van der Waals surface area (Å²) in [7, 11) is -1.93. The summed E-state index contributed by atoms with van der Waals surface area (Å²) in [6, 6.07) is 15.1. The van der Waals surface area contributed by atoms with Crippen LogP contribution in [0.4, 0.5) is 0 Å². The minimum atomic E-state index is -4.38. The number of esters is 2. The van der Waals surface area contributed by atoms with E-state index in [4.69, 9.17) is 14.0 Å². The lowest BCUT2D eigenvalue weighted by molar-refractivity contribution is -0.138. The van der Waals surface area contributed by atoms with E-state index in [9.17, 15) is 18.9 Å². The molecule has 0 saturated heterocycles. The minimum Gasteiger partial charge on any atom is -0.465 e. The number of aryl methyl sites for hydroxylation is 1. The van der Waals surface area contributed by atoms with Gasteiger partial charge in [-0.25, -0.2) is 14.0 Å². The molecule has 0 amide bonds. The fourth-order valence-electron chi connectivity index (χ4n) is 3.39. The highest BCUT2D eigenvalue weighted by atomic mass is 31.2. The number of Topliss-reactive ketones (excluding diaryl/α,β-unsaturated/α-hetero) is 1. The average molecular weight is 484 g/mol. The fraction of sp³-hybridized carbons (Fsp3) is 0.136. The van der Waals surface area contributed by atoms with Gasteiger partial charge in [0, 0.05) is 0 Å². The first kappa shape index (κ1) is 22.6. The quantitative estimate of drug-likeness (QED) is 0.314. The van der Waals surface area contributed by atoms with Gasteiger partial charge in [0.2, 0.25) is 5.78 Å². The summed E-state index contributed by atoms with van der Waals surface area (Å²) < 4.78 is 31.7. The van der Waals surface area contributed by atoms with Crippen LogP contribution in [0.15, 0.2) is 65.5 Å². The molecule has 0 aliphatic carbocycles. The van der Waals surface area contributed by atoms with Crippen molar-refractivity contribution < 1.29 is 32.9 Å². The van der Waals surface area contributed by atoms with Crippen molar-refractivity contribution in [3.8, 4) is 11.4 Å². The van der Waals surface area contributed by atoms with Crippen molar-refractivity contribution in [2.24, 2.45) is 0 Å². The van der Waals surface area contributed by atoms with Crippen LogP contribution in [0.1, 0.15) is 16.1 Å². The number of benzene rings is 2. The Morgan fingerprint density at radius 1 is 1.00 bits per heavy atom. The van der Waals surface area contributed by atoms with Crippen molar-refractivity contribution in [2.45, 2.75) is 6.92 Å². The van der Waals surface area contributed by atoms with Crippen molar-refractivity contribution in [3.63, 3.8) is 0 Å². The number of hydrogen-bond donors (Lipinski definition) is 0. The number of carbonyl (C=O) groups is 3. The highest BCUT2D eigenvalue weighted by Crippen LogP contribution is 2.60. The Kier molecular flexibility index (Phi) is 6.02. The summed E-state index contributed by atoms with van der Waals surface area (Å²) in [6.07, 6.45) is 0. The standard InChI is InChI=1S/C22H18N2O7P2/c1-13-22(32-24(23-13)14-9-5-4-6-10-14)33(28)19(21(27)30-3)17(20(26)29-2)18(25)15-11-7-8-12-16(15)31-33/h4-12H,1-3H3. The Hall–Kier alpha value is -3.54. The van der Waals surface area contributed by atoms with E-state index in [0.29, 0.717) is 19.7 Å². The van der Waals surface area contributed by atoms with Gasteiger partial charge in [-0.3, -0.25) is 9.36 Å². The number of rotatable bonds is 4. The Balaban J connectivity index is 2.06. The summed E-state index contributed by atoms with van der Waals surface area (Å²) in [5, 5.41) is 3.91. The Labute approximate surface area is 190 Å². The van der Waals surface area contributed by atoms with Crippen LogP contribution in [0.25, 0.3) is 5.69 Å². The lowest BCUT2D eigenvalue weighted by Gasteiger charge is -2.19. The molecule has 2 heterocycles. The zero-order valence-electron chi connectivity index (χ0n) is 17.8. The van der Waals surface area contributed by atoms with E-state index >= 15 is 0 Å². The first-order chi connectivity index (χ1) is 15.8. The molecule has 168 valence electrons.